The molecule has 1 atom stereocenters. The van der Waals surface area contributed by atoms with E-state index in [1.165, 1.54) is 0 Å². The number of likely N-dealkylation sites (tertiary alicyclic amines) is 1. The molecule has 1 aliphatic heterocycles. The largest absolute Gasteiger partial charge is 0.481 e. The summed E-state index contributed by atoms with van der Waals surface area (Å²) in [5.41, 5.74) is 2.65. The molecular formula is C20H21N5O2. The molecule has 7 nitrogen and oxygen atoms in total. The molecule has 0 aromatic carbocycles. The fourth-order valence-electron chi connectivity index (χ4n) is 3.38. The molecule has 138 valence electrons. The molecule has 0 N–H and O–H groups in total. The van der Waals surface area contributed by atoms with Gasteiger partial charge < -0.3 is 9.64 Å². The van der Waals surface area contributed by atoms with E-state index >= 15 is 0 Å². The number of ether oxygens (including phenoxy) is 1. The molecule has 7 heteroatoms. The topological polar surface area (TPSA) is 73.1 Å². The molecule has 1 amide bonds. The molecule has 4 heterocycles. The first-order valence-corrected chi connectivity index (χ1v) is 9.00. The number of nitrogens with zero attached hydrogens (tertiary/aromatic N) is 5. The molecule has 0 aliphatic carbocycles. The van der Waals surface area contributed by atoms with Gasteiger partial charge in [-0.3, -0.25) is 9.78 Å². The monoisotopic (exact) mass is 363 g/mol. The van der Waals surface area contributed by atoms with Gasteiger partial charge in [0.25, 0.3) is 5.91 Å². The number of hydrogen-bond donors (Lipinski definition) is 0. The molecule has 1 saturated heterocycles. The summed E-state index contributed by atoms with van der Waals surface area (Å²) >= 11 is 0. The van der Waals surface area contributed by atoms with Gasteiger partial charge in [0, 0.05) is 24.8 Å². The van der Waals surface area contributed by atoms with Crippen molar-refractivity contribution in [2.24, 2.45) is 0 Å². The molecule has 27 heavy (non-hydrogen) atoms. The van der Waals surface area contributed by atoms with Gasteiger partial charge in [-0.05, 0) is 44.0 Å². The SMILES string of the molecule is COc1ccc(-n2nc(C(=O)N3CCCC3C)cc2-c2ccccn2)cn1. The average Bonchev–Trinajstić information content (AvgIpc) is 3.35. The highest BCUT2D eigenvalue weighted by Crippen LogP contribution is 2.25. The minimum absolute atomic E-state index is 0.0441. The van der Waals surface area contributed by atoms with E-state index in [4.69, 9.17) is 4.74 Å². The first kappa shape index (κ1) is 17.2. The number of rotatable bonds is 4. The quantitative estimate of drug-likeness (QED) is 0.712. The minimum Gasteiger partial charge on any atom is -0.481 e. The van der Waals surface area contributed by atoms with Crippen molar-refractivity contribution < 1.29 is 9.53 Å². The van der Waals surface area contributed by atoms with Gasteiger partial charge in [-0.25, -0.2) is 9.67 Å². The summed E-state index contributed by atoms with van der Waals surface area (Å²) in [6, 6.07) is 11.3. The highest BCUT2D eigenvalue weighted by atomic mass is 16.5. The van der Waals surface area contributed by atoms with Gasteiger partial charge in [-0.2, -0.15) is 5.10 Å². The number of pyridine rings is 2. The Morgan fingerprint density at radius 1 is 1.22 bits per heavy atom. The Morgan fingerprint density at radius 2 is 2.11 bits per heavy atom. The van der Waals surface area contributed by atoms with Gasteiger partial charge in [0.15, 0.2) is 5.69 Å². The lowest BCUT2D eigenvalue weighted by atomic mass is 10.2. The van der Waals surface area contributed by atoms with Crippen molar-refractivity contribution in [3.8, 4) is 23.0 Å². The zero-order valence-electron chi connectivity index (χ0n) is 15.4. The number of methoxy groups -OCH3 is 1. The third-order valence-corrected chi connectivity index (χ3v) is 4.84. The van der Waals surface area contributed by atoms with Crippen molar-refractivity contribution in [2.45, 2.75) is 25.8 Å². The van der Waals surface area contributed by atoms with E-state index < -0.39 is 0 Å². The Bertz CT molecular complexity index is 937. The number of carbonyl (C=O) groups is 1. The molecule has 1 unspecified atom stereocenters. The molecule has 0 saturated carbocycles. The predicted octanol–water partition coefficient (Wildman–Crippen LogP) is 2.96. The fourth-order valence-corrected chi connectivity index (χ4v) is 3.38. The van der Waals surface area contributed by atoms with Crippen LogP contribution in [-0.2, 0) is 0 Å². The molecule has 3 aromatic heterocycles. The Morgan fingerprint density at radius 3 is 2.74 bits per heavy atom. The van der Waals surface area contributed by atoms with Crippen LogP contribution in [0.2, 0.25) is 0 Å². The highest BCUT2D eigenvalue weighted by Gasteiger charge is 2.28. The van der Waals surface area contributed by atoms with Crippen molar-refractivity contribution >= 4 is 5.91 Å². The van der Waals surface area contributed by atoms with Crippen LogP contribution in [0.4, 0.5) is 0 Å². The number of amides is 1. The van der Waals surface area contributed by atoms with Gasteiger partial charge in [0.2, 0.25) is 5.88 Å². The zero-order chi connectivity index (χ0) is 18.8. The van der Waals surface area contributed by atoms with Crippen LogP contribution >= 0.6 is 0 Å². The van der Waals surface area contributed by atoms with Crippen molar-refractivity contribution in [2.75, 3.05) is 13.7 Å². The number of hydrogen-bond acceptors (Lipinski definition) is 5. The number of aromatic nitrogens is 4. The van der Waals surface area contributed by atoms with Crippen LogP contribution in [-0.4, -0.2) is 50.3 Å². The molecule has 0 spiro atoms. The highest BCUT2D eigenvalue weighted by molar-refractivity contribution is 5.94. The van der Waals surface area contributed by atoms with Crippen molar-refractivity contribution in [1.29, 1.82) is 0 Å². The van der Waals surface area contributed by atoms with Gasteiger partial charge >= 0.3 is 0 Å². The smallest absolute Gasteiger partial charge is 0.274 e. The Balaban J connectivity index is 1.78. The Labute approximate surface area is 157 Å². The first-order valence-electron chi connectivity index (χ1n) is 9.00. The maximum Gasteiger partial charge on any atom is 0.274 e. The second-order valence-corrected chi connectivity index (χ2v) is 6.59. The zero-order valence-corrected chi connectivity index (χ0v) is 15.4. The summed E-state index contributed by atoms with van der Waals surface area (Å²) in [5, 5.41) is 4.60. The molecule has 1 aliphatic rings. The maximum absolute atomic E-state index is 13.0. The Kier molecular flexibility index (Phi) is 4.58. The van der Waals surface area contributed by atoms with E-state index in [0.717, 1.165) is 36.5 Å². The molecule has 0 radical (unpaired) electrons. The van der Waals surface area contributed by atoms with E-state index in [-0.39, 0.29) is 11.9 Å². The van der Waals surface area contributed by atoms with Crippen LogP contribution in [0.25, 0.3) is 17.1 Å². The lowest BCUT2D eigenvalue weighted by molar-refractivity contribution is 0.0741. The van der Waals surface area contributed by atoms with Gasteiger partial charge in [-0.15, -0.1) is 0 Å². The van der Waals surface area contributed by atoms with Crippen LogP contribution in [0.3, 0.4) is 0 Å². The Hall–Kier alpha value is -3.22. The van der Waals surface area contributed by atoms with Gasteiger partial charge in [0.1, 0.15) is 0 Å². The lowest BCUT2D eigenvalue weighted by Crippen LogP contribution is -2.33. The van der Waals surface area contributed by atoms with Crippen LogP contribution in [0, 0.1) is 0 Å². The minimum atomic E-state index is -0.0441. The van der Waals surface area contributed by atoms with Gasteiger partial charge in [0.05, 0.1) is 30.4 Å². The molecular weight excluding hydrogens is 342 g/mol. The number of carbonyl (C=O) groups excluding carboxylic acids is 1. The van der Waals surface area contributed by atoms with Crippen LogP contribution in [0.5, 0.6) is 5.88 Å². The van der Waals surface area contributed by atoms with Crippen LogP contribution in [0.1, 0.15) is 30.3 Å². The lowest BCUT2D eigenvalue weighted by Gasteiger charge is -2.19. The molecule has 0 bridgehead atoms. The van der Waals surface area contributed by atoms with Crippen molar-refractivity contribution in [3.05, 3.63) is 54.5 Å². The summed E-state index contributed by atoms with van der Waals surface area (Å²) in [7, 11) is 1.57. The molecule has 1 fully saturated rings. The van der Waals surface area contributed by atoms with E-state index in [1.807, 2.05) is 29.2 Å². The predicted molar refractivity (Wildman–Crippen MR) is 101 cm³/mol. The third kappa shape index (κ3) is 3.28. The first-order chi connectivity index (χ1) is 13.2. The van der Waals surface area contributed by atoms with E-state index in [1.54, 1.807) is 36.3 Å². The van der Waals surface area contributed by atoms with E-state index in [0.29, 0.717) is 11.6 Å². The second-order valence-electron chi connectivity index (χ2n) is 6.59. The summed E-state index contributed by atoms with van der Waals surface area (Å²) in [4.78, 5) is 23.5. The summed E-state index contributed by atoms with van der Waals surface area (Å²) < 4.78 is 6.84. The summed E-state index contributed by atoms with van der Waals surface area (Å²) in [5.74, 6) is 0.477. The molecule has 4 rings (SSSR count). The third-order valence-electron chi connectivity index (χ3n) is 4.84. The second kappa shape index (κ2) is 7.19. The van der Waals surface area contributed by atoms with Gasteiger partial charge in [-0.1, -0.05) is 6.07 Å². The van der Waals surface area contributed by atoms with Crippen LogP contribution in [0.15, 0.2) is 48.8 Å². The van der Waals surface area contributed by atoms with E-state index in [2.05, 4.69) is 22.0 Å². The van der Waals surface area contributed by atoms with E-state index in [9.17, 15) is 4.79 Å². The fraction of sp³-hybridized carbons (Fsp3) is 0.300. The summed E-state index contributed by atoms with van der Waals surface area (Å²) in [6.45, 7) is 2.85. The normalized spacial score (nSPS) is 16.5. The van der Waals surface area contributed by atoms with Crippen molar-refractivity contribution in [1.82, 2.24) is 24.6 Å². The standard InChI is InChI=1S/C20H21N5O2/c1-14-6-5-11-24(14)20(26)17-12-18(16-7-3-4-10-21-16)25(23-17)15-8-9-19(27-2)22-13-15/h3-4,7-10,12-14H,5-6,11H2,1-2H3. The van der Waals surface area contributed by atoms with Crippen LogP contribution < -0.4 is 4.74 Å². The molecule has 3 aromatic rings. The van der Waals surface area contributed by atoms with Crippen molar-refractivity contribution in [3.63, 3.8) is 0 Å². The average molecular weight is 363 g/mol. The maximum atomic E-state index is 13.0. The summed E-state index contributed by atoms with van der Waals surface area (Å²) in [6.07, 6.45) is 5.46.